The molecule has 0 unspecified atom stereocenters. The fraction of sp³-hybridized carbons (Fsp3) is 0.250. The van der Waals surface area contributed by atoms with Gasteiger partial charge in [-0.1, -0.05) is 30.3 Å². The molecule has 0 bridgehead atoms. The molecule has 1 aromatic carbocycles. The molecular formula is C12H16N4O2S. The minimum atomic E-state index is -3.70. The Bertz CT molecular complexity index is 645. The van der Waals surface area contributed by atoms with Gasteiger partial charge in [-0.25, -0.2) is 18.1 Å². The molecule has 1 aromatic heterocycles. The lowest BCUT2D eigenvalue weighted by atomic mass is 10.1. The first-order chi connectivity index (χ1) is 8.92. The van der Waals surface area contributed by atoms with E-state index in [-0.39, 0.29) is 16.9 Å². The van der Waals surface area contributed by atoms with Crippen LogP contribution in [-0.4, -0.2) is 18.0 Å². The van der Waals surface area contributed by atoms with Crippen LogP contribution in [0.15, 0.2) is 41.7 Å². The highest BCUT2D eigenvalue weighted by Crippen LogP contribution is 2.19. The van der Waals surface area contributed by atoms with Gasteiger partial charge in [0, 0.05) is 13.1 Å². The lowest BCUT2D eigenvalue weighted by Gasteiger charge is -2.15. The zero-order valence-electron chi connectivity index (χ0n) is 10.7. The Morgan fingerprint density at radius 1 is 1.32 bits per heavy atom. The second-order valence-electron chi connectivity index (χ2n) is 4.30. The fourth-order valence-corrected chi connectivity index (χ4v) is 3.33. The van der Waals surface area contributed by atoms with E-state index in [0.29, 0.717) is 0 Å². The highest BCUT2D eigenvalue weighted by atomic mass is 32.2. The summed E-state index contributed by atoms with van der Waals surface area (Å²) in [6, 6.07) is 8.97. The molecule has 0 aliphatic carbocycles. The van der Waals surface area contributed by atoms with E-state index in [0.717, 1.165) is 5.56 Å². The summed E-state index contributed by atoms with van der Waals surface area (Å²) in [5.74, 6) is -0.00439. The van der Waals surface area contributed by atoms with Crippen LogP contribution in [0, 0.1) is 0 Å². The number of benzene rings is 1. The molecule has 102 valence electrons. The first kappa shape index (κ1) is 13.6. The Balaban J connectivity index is 2.28. The van der Waals surface area contributed by atoms with Crippen molar-refractivity contribution >= 4 is 15.8 Å². The molecular weight excluding hydrogens is 264 g/mol. The van der Waals surface area contributed by atoms with E-state index in [1.807, 2.05) is 30.3 Å². The average Bonchev–Trinajstić information content (AvgIpc) is 2.70. The number of imidazole rings is 1. The second kappa shape index (κ2) is 5.02. The maximum absolute atomic E-state index is 12.3. The van der Waals surface area contributed by atoms with Crippen molar-refractivity contribution in [3.63, 3.8) is 0 Å². The Kier molecular flexibility index (Phi) is 3.59. The quantitative estimate of drug-likeness (QED) is 0.875. The molecule has 0 fully saturated rings. The highest BCUT2D eigenvalue weighted by Gasteiger charge is 2.24. The summed E-state index contributed by atoms with van der Waals surface area (Å²) in [6.45, 7) is 1.78. The van der Waals surface area contributed by atoms with Crippen LogP contribution in [0.25, 0.3) is 0 Å². The summed E-state index contributed by atoms with van der Waals surface area (Å²) < 4.78 is 28.5. The number of rotatable bonds is 4. The molecule has 0 aliphatic heterocycles. The number of aryl methyl sites for hydroxylation is 1. The molecule has 0 saturated carbocycles. The summed E-state index contributed by atoms with van der Waals surface area (Å²) in [5.41, 5.74) is 6.47. The van der Waals surface area contributed by atoms with Gasteiger partial charge in [-0.15, -0.1) is 0 Å². The lowest BCUT2D eigenvalue weighted by molar-refractivity contribution is 0.558. The summed E-state index contributed by atoms with van der Waals surface area (Å²) in [7, 11) is -2.11. The monoisotopic (exact) mass is 280 g/mol. The van der Waals surface area contributed by atoms with Crippen molar-refractivity contribution in [1.82, 2.24) is 14.3 Å². The lowest BCUT2D eigenvalue weighted by Crippen LogP contribution is -2.29. The molecule has 3 N–H and O–H groups in total. The van der Waals surface area contributed by atoms with Crippen molar-refractivity contribution in [3.8, 4) is 0 Å². The standard InChI is InChI=1S/C12H16N4O2S/c1-9(10-6-4-3-5-7-10)15-19(17,18)12-11(13)14-8-16(12)2/h3-9,15H,13H2,1-2H3/t9-/m0/s1. The minimum Gasteiger partial charge on any atom is -0.381 e. The zero-order chi connectivity index (χ0) is 14.0. The van der Waals surface area contributed by atoms with Gasteiger partial charge >= 0.3 is 0 Å². The van der Waals surface area contributed by atoms with Gasteiger partial charge in [0.2, 0.25) is 0 Å². The largest absolute Gasteiger partial charge is 0.381 e. The van der Waals surface area contributed by atoms with E-state index in [9.17, 15) is 8.42 Å². The highest BCUT2D eigenvalue weighted by molar-refractivity contribution is 7.89. The second-order valence-corrected chi connectivity index (χ2v) is 5.93. The summed E-state index contributed by atoms with van der Waals surface area (Å²) in [6.07, 6.45) is 1.37. The van der Waals surface area contributed by atoms with E-state index < -0.39 is 10.0 Å². The van der Waals surface area contributed by atoms with Gasteiger partial charge in [0.05, 0.1) is 6.33 Å². The summed E-state index contributed by atoms with van der Waals surface area (Å²) in [4.78, 5) is 3.78. The van der Waals surface area contributed by atoms with Crippen molar-refractivity contribution in [2.45, 2.75) is 18.0 Å². The molecule has 0 aliphatic rings. The number of sulfonamides is 1. The zero-order valence-corrected chi connectivity index (χ0v) is 11.6. The van der Waals surface area contributed by atoms with Crippen molar-refractivity contribution in [3.05, 3.63) is 42.2 Å². The first-order valence-electron chi connectivity index (χ1n) is 5.76. The molecule has 0 spiro atoms. The maximum atomic E-state index is 12.3. The van der Waals surface area contributed by atoms with E-state index in [1.54, 1.807) is 14.0 Å². The predicted octanol–water partition coefficient (Wildman–Crippen LogP) is 1.04. The Labute approximate surface area is 112 Å². The van der Waals surface area contributed by atoms with Crippen LogP contribution >= 0.6 is 0 Å². The van der Waals surface area contributed by atoms with Crippen molar-refractivity contribution in [2.75, 3.05) is 5.73 Å². The number of nitrogens with one attached hydrogen (secondary N) is 1. The van der Waals surface area contributed by atoms with Crippen LogP contribution < -0.4 is 10.5 Å². The normalized spacial score (nSPS) is 13.4. The number of hydrogen-bond donors (Lipinski definition) is 2. The minimum absolute atomic E-state index is 0.00439. The molecule has 2 aromatic rings. The third kappa shape index (κ3) is 2.77. The topological polar surface area (TPSA) is 90.0 Å². The number of anilines is 1. The third-order valence-electron chi connectivity index (χ3n) is 2.80. The molecule has 1 heterocycles. The van der Waals surface area contributed by atoms with Crippen LogP contribution in [0.1, 0.15) is 18.5 Å². The number of aromatic nitrogens is 2. The van der Waals surface area contributed by atoms with Gasteiger partial charge in [0.15, 0.2) is 10.8 Å². The predicted molar refractivity (Wildman–Crippen MR) is 72.8 cm³/mol. The van der Waals surface area contributed by atoms with Gasteiger partial charge in [-0.3, -0.25) is 0 Å². The van der Waals surface area contributed by atoms with Gasteiger partial charge in [-0.05, 0) is 12.5 Å². The molecule has 0 amide bonds. The molecule has 1 atom stereocenters. The van der Waals surface area contributed by atoms with Gasteiger partial charge in [0.25, 0.3) is 10.0 Å². The van der Waals surface area contributed by atoms with Gasteiger partial charge in [-0.2, -0.15) is 0 Å². The number of nitrogens with zero attached hydrogens (tertiary/aromatic N) is 2. The Morgan fingerprint density at radius 2 is 1.95 bits per heavy atom. The van der Waals surface area contributed by atoms with Crippen LogP contribution in [0.5, 0.6) is 0 Å². The van der Waals surface area contributed by atoms with E-state index >= 15 is 0 Å². The Hall–Kier alpha value is -1.86. The molecule has 7 heteroatoms. The van der Waals surface area contributed by atoms with Crippen molar-refractivity contribution < 1.29 is 8.42 Å². The smallest absolute Gasteiger partial charge is 0.260 e. The van der Waals surface area contributed by atoms with Crippen molar-refractivity contribution in [1.29, 1.82) is 0 Å². The van der Waals surface area contributed by atoms with Crippen LogP contribution in [0.4, 0.5) is 5.82 Å². The van der Waals surface area contributed by atoms with E-state index in [4.69, 9.17) is 5.73 Å². The SMILES string of the molecule is C[C@H](NS(=O)(=O)c1c(N)ncn1C)c1ccccc1. The number of hydrogen-bond acceptors (Lipinski definition) is 4. The van der Waals surface area contributed by atoms with Crippen LogP contribution in [-0.2, 0) is 17.1 Å². The fourth-order valence-electron chi connectivity index (χ4n) is 1.86. The average molecular weight is 280 g/mol. The number of nitrogen functional groups attached to an aromatic ring is 1. The maximum Gasteiger partial charge on any atom is 0.260 e. The first-order valence-corrected chi connectivity index (χ1v) is 7.24. The van der Waals surface area contributed by atoms with Crippen LogP contribution in [0.3, 0.4) is 0 Å². The number of nitrogens with two attached hydrogens (primary N) is 1. The summed E-state index contributed by atoms with van der Waals surface area (Å²) in [5, 5.41) is -0.0183. The molecule has 0 saturated heterocycles. The van der Waals surface area contributed by atoms with E-state index in [1.165, 1.54) is 10.9 Å². The molecule has 19 heavy (non-hydrogen) atoms. The summed E-state index contributed by atoms with van der Waals surface area (Å²) >= 11 is 0. The van der Waals surface area contributed by atoms with Gasteiger partial charge in [0.1, 0.15) is 0 Å². The molecule has 0 radical (unpaired) electrons. The molecule has 2 rings (SSSR count). The van der Waals surface area contributed by atoms with E-state index in [2.05, 4.69) is 9.71 Å². The Morgan fingerprint density at radius 3 is 2.47 bits per heavy atom. The van der Waals surface area contributed by atoms with Crippen LogP contribution in [0.2, 0.25) is 0 Å². The van der Waals surface area contributed by atoms with Gasteiger partial charge < -0.3 is 10.3 Å². The third-order valence-corrected chi connectivity index (χ3v) is 4.47. The van der Waals surface area contributed by atoms with Crippen molar-refractivity contribution in [2.24, 2.45) is 7.05 Å². The molecule has 6 nitrogen and oxygen atoms in total.